The molecule has 0 amide bonds. The Morgan fingerprint density at radius 2 is 0.717 bits per heavy atom. The normalized spacial score (nSPS) is 12.3. The molecule has 5 aromatic carbocycles. The predicted octanol–water partition coefficient (Wildman–Crippen LogP) is 8.82. The van der Waals surface area contributed by atoms with Crippen LogP contribution in [0.4, 0.5) is 0 Å². The molecule has 0 aliphatic carbocycles. The minimum Gasteiger partial charge on any atom is -0.277 e. The molecule has 6 heterocycles. The summed E-state index contributed by atoms with van der Waals surface area (Å²) in [6.45, 7) is 0. The number of rotatable bonds is 2. The van der Waals surface area contributed by atoms with Crippen LogP contribution < -0.4 is 0 Å². The van der Waals surface area contributed by atoms with Gasteiger partial charge in [0.2, 0.25) is 0 Å². The molecule has 0 bridgehead atoms. The number of pyridine rings is 4. The molecule has 0 aliphatic rings. The highest BCUT2D eigenvalue weighted by Crippen LogP contribution is 2.45. The topological polar surface area (TPSA) is 85.2 Å². The van der Waals surface area contributed by atoms with Crippen molar-refractivity contribution in [3.63, 3.8) is 0 Å². The van der Waals surface area contributed by atoms with Crippen LogP contribution in [-0.4, -0.2) is 29.1 Å². The summed E-state index contributed by atoms with van der Waals surface area (Å²) in [5.74, 6) is 0. The number of nitriles is 1. The van der Waals surface area contributed by atoms with Gasteiger partial charge in [-0.2, -0.15) is 5.26 Å². The molecule has 11 aromatic rings. The van der Waals surface area contributed by atoms with E-state index in [1.54, 1.807) is 0 Å². The van der Waals surface area contributed by atoms with Crippen molar-refractivity contribution in [2.75, 3.05) is 0 Å². The molecule has 0 radical (unpaired) electrons. The first kappa shape index (κ1) is 23.8. The summed E-state index contributed by atoms with van der Waals surface area (Å²) >= 11 is 0. The average Bonchev–Trinajstić information content (AvgIpc) is 3.64. The largest absolute Gasteiger partial charge is 0.277 e. The van der Waals surface area contributed by atoms with Crippen molar-refractivity contribution < 1.29 is 0 Å². The van der Waals surface area contributed by atoms with Crippen LogP contribution in [0.3, 0.4) is 0 Å². The SMILES string of the molecule is N#Cc1c(-n2c3nccc4c5ccccc5c5ccnc2c5c43)cccc1-n1c2nccc3c4ccccc4c4ccnc1c4c32. The Morgan fingerprint density at radius 1 is 0.391 bits per heavy atom. The Balaban J connectivity index is 1.30. The van der Waals surface area contributed by atoms with Crippen molar-refractivity contribution in [3.05, 3.63) is 121 Å². The Morgan fingerprint density at radius 3 is 1.02 bits per heavy atom. The zero-order valence-corrected chi connectivity index (χ0v) is 24.1. The van der Waals surface area contributed by atoms with Crippen molar-refractivity contribution >= 4 is 87.2 Å². The summed E-state index contributed by atoms with van der Waals surface area (Å²) < 4.78 is 4.09. The summed E-state index contributed by atoms with van der Waals surface area (Å²) in [6, 6.07) is 33.8. The van der Waals surface area contributed by atoms with Gasteiger partial charge >= 0.3 is 0 Å². The quantitative estimate of drug-likeness (QED) is 0.189. The number of hydrogen-bond acceptors (Lipinski definition) is 5. The first-order valence-electron chi connectivity index (χ1n) is 15.1. The number of benzene rings is 5. The second kappa shape index (κ2) is 8.29. The third-order valence-electron chi connectivity index (χ3n) is 9.70. The van der Waals surface area contributed by atoms with Crippen LogP contribution in [0, 0.1) is 11.3 Å². The Labute approximate surface area is 259 Å². The highest BCUT2D eigenvalue weighted by molar-refractivity contribution is 6.34. The maximum atomic E-state index is 11.0. The standard InChI is InChI=1S/C39H19N7/c40-20-29-30(45-36-32-25(12-16-41-36)21-6-1-2-7-22(21)26-13-17-42-37(45)33(26)32)10-5-11-31(29)46-38-34-27(14-18-43-38)23-8-3-4-9-24(23)28-15-19-44-39(46)35(28)34/h1-19H. The average molecular weight is 586 g/mol. The van der Waals surface area contributed by atoms with Crippen LogP contribution in [0.5, 0.6) is 0 Å². The van der Waals surface area contributed by atoms with Gasteiger partial charge < -0.3 is 0 Å². The van der Waals surface area contributed by atoms with Crippen molar-refractivity contribution in [2.45, 2.75) is 0 Å². The predicted molar refractivity (Wildman–Crippen MR) is 183 cm³/mol. The third-order valence-corrected chi connectivity index (χ3v) is 9.70. The van der Waals surface area contributed by atoms with Gasteiger partial charge in [0.1, 0.15) is 34.2 Å². The number of hydrogen-bond donors (Lipinski definition) is 0. The fourth-order valence-electron chi connectivity index (χ4n) is 7.94. The van der Waals surface area contributed by atoms with E-state index in [1.165, 1.54) is 21.5 Å². The molecule has 0 saturated heterocycles. The third kappa shape index (κ3) is 2.69. The zero-order valence-electron chi connectivity index (χ0n) is 24.1. The molecule has 7 nitrogen and oxygen atoms in total. The molecule has 0 unspecified atom stereocenters. The summed E-state index contributed by atoms with van der Waals surface area (Å²) in [7, 11) is 0. The van der Waals surface area contributed by atoms with Crippen LogP contribution in [-0.2, 0) is 0 Å². The molecule has 0 saturated carbocycles. The molecular weight excluding hydrogens is 566 g/mol. The fourth-order valence-corrected chi connectivity index (χ4v) is 7.94. The lowest BCUT2D eigenvalue weighted by Gasteiger charge is -2.14. The summed E-state index contributed by atoms with van der Waals surface area (Å²) in [4.78, 5) is 19.6. The molecule has 46 heavy (non-hydrogen) atoms. The summed E-state index contributed by atoms with van der Waals surface area (Å²) in [5, 5.41) is 24.3. The molecule has 0 spiro atoms. The van der Waals surface area contributed by atoms with Gasteiger partial charge in [-0.15, -0.1) is 0 Å². The molecule has 11 rings (SSSR count). The lowest BCUT2D eigenvalue weighted by Crippen LogP contribution is -2.05. The van der Waals surface area contributed by atoms with Gasteiger partial charge in [0.15, 0.2) is 0 Å². The minimum atomic E-state index is 0.493. The van der Waals surface area contributed by atoms with Gasteiger partial charge in [0.25, 0.3) is 0 Å². The molecular formula is C39H19N7. The van der Waals surface area contributed by atoms with Crippen LogP contribution in [0.15, 0.2) is 116 Å². The second-order valence-electron chi connectivity index (χ2n) is 11.8. The van der Waals surface area contributed by atoms with Gasteiger partial charge in [-0.05, 0) is 79.5 Å². The van der Waals surface area contributed by atoms with E-state index in [1.807, 2.05) is 52.1 Å². The molecule has 0 atom stereocenters. The molecule has 0 N–H and O–H groups in total. The van der Waals surface area contributed by atoms with Crippen molar-refractivity contribution in [1.29, 1.82) is 5.26 Å². The van der Waals surface area contributed by atoms with Gasteiger partial charge in [0, 0.05) is 46.3 Å². The van der Waals surface area contributed by atoms with Crippen molar-refractivity contribution in [3.8, 4) is 17.4 Å². The zero-order chi connectivity index (χ0) is 30.1. The Kier molecular flexibility index (Phi) is 4.28. The van der Waals surface area contributed by atoms with Crippen LogP contribution >= 0.6 is 0 Å². The van der Waals surface area contributed by atoms with Crippen LogP contribution in [0.25, 0.3) is 98.6 Å². The Hall–Kier alpha value is -6.65. The van der Waals surface area contributed by atoms with E-state index in [0.29, 0.717) is 16.9 Å². The first-order valence-corrected chi connectivity index (χ1v) is 15.1. The highest BCUT2D eigenvalue weighted by Gasteiger charge is 2.26. The van der Waals surface area contributed by atoms with Crippen LogP contribution in [0.2, 0.25) is 0 Å². The Bertz CT molecular complexity index is 2730. The maximum Gasteiger partial charge on any atom is 0.147 e. The van der Waals surface area contributed by atoms with Gasteiger partial charge in [-0.3, -0.25) is 9.13 Å². The van der Waals surface area contributed by atoms with E-state index in [0.717, 1.165) is 65.7 Å². The van der Waals surface area contributed by atoms with Crippen molar-refractivity contribution in [2.24, 2.45) is 0 Å². The van der Waals surface area contributed by atoms with E-state index in [2.05, 4.69) is 78.9 Å². The number of nitrogens with zero attached hydrogens (tertiary/aromatic N) is 7. The minimum absolute atomic E-state index is 0.493. The van der Waals surface area contributed by atoms with E-state index >= 15 is 0 Å². The number of fused-ring (bicyclic) bond motifs is 6. The van der Waals surface area contributed by atoms with Gasteiger partial charge in [-0.1, -0.05) is 54.6 Å². The fraction of sp³-hybridized carbons (Fsp3) is 0. The molecule has 210 valence electrons. The summed E-state index contributed by atoms with van der Waals surface area (Å²) in [5.41, 5.74) is 4.99. The second-order valence-corrected chi connectivity index (χ2v) is 11.8. The van der Waals surface area contributed by atoms with E-state index in [-0.39, 0.29) is 0 Å². The van der Waals surface area contributed by atoms with E-state index < -0.39 is 0 Å². The highest BCUT2D eigenvalue weighted by atomic mass is 15.1. The summed E-state index contributed by atoms with van der Waals surface area (Å²) in [6.07, 6.45) is 7.40. The maximum absolute atomic E-state index is 11.0. The first-order chi connectivity index (χ1) is 22.8. The van der Waals surface area contributed by atoms with Gasteiger partial charge in [0.05, 0.1) is 11.4 Å². The van der Waals surface area contributed by atoms with Gasteiger partial charge in [-0.25, -0.2) is 19.9 Å². The van der Waals surface area contributed by atoms with Crippen molar-refractivity contribution in [1.82, 2.24) is 29.1 Å². The monoisotopic (exact) mass is 585 g/mol. The molecule has 7 heteroatoms. The molecule has 0 fully saturated rings. The van der Waals surface area contributed by atoms with E-state index in [4.69, 9.17) is 19.9 Å². The van der Waals surface area contributed by atoms with Crippen LogP contribution in [0.1, 0.15) is 5.56 Å². The molecule has 0 aliphatic heterocycles. The smallest absolute Gasteiger partial charge is 0.147 e. The molecule has 6 aromatic heterocycles. The lowest BCUT2D eigenvalue weighted by molar-refractivity contribution is 1.06. The number of aromatic nitrogens is 6. The lowest BCUT2D eigenvalue weighted by atomic mass is 9.97. The van der Waals surface area contributed by atoms with E-state index in [9.17, 15) is 5.26 Å².